The van der Waals surface area contributed by atoms with Crippen molar-refractivity contribution in [3.8, 4) is 0 Å². The lowest BCUT2D eigenvalue weighted by Crippen LogP contribution is -2.45. The maximum Gasteiger partial charge on any atom is 0.146 e. The molecule has 1 aliphatic heterocycles. The average molecular weight is 163 g/mol. The molecule has 1 aliphatic rings. The number of nitrogens with zero attached hydrogens (tertiary/aromatic N) is 2. The van der Waals surface area contributed by atoms with Gasteiger partial charge >= 0.3 is 0 Å². The average Bonchev–Trinajstić information content (AvgIpc) is 2.01. The van der Waals surface area contributed by atoms with E-state index in [4.69, 9.17) is 5.73 Å². The van der Waals surface area contributed by atoms with Gasteiger partial charge < -0.3 is 10.6 Å². The Kier molecular flexibility index (Phi) is 1.64. The van der Waals surface area contributed by atoms with Gasteiger partial charge in [0, 0.05) is 19.3 Å². The molecule has 0 aromatic carbocycles. The van der Waals surface area contributed by atoms with Crippen LogP contribution in [-0.2, 0) is 0 Å². The molecule has 2 heterocycles. The monoisotopic (exact) mass is 163 g/mol. The molecule has 0 spiro atoms. The van der Waals surface area contributed by atoms with Gasteiger partial charge in [0.2, 0.25) is 0 Å². The molecule has 0 aliphatic carbocycles. The smallest absolute Gasteiger partial charge is 0.146 e. The van der Waals surface area contributed by atoms with E-state index in [1.807, 2.05) is 12.1 Å². The van der Waals surface area contributed by atoms with Crippen molar-refractivity contribution in [2.45, 2.75) is 6.92 Å². The topological polar surface area (TPSA) is 42.2 Å². The van der Waals surface area contributed by atoms with Crippen LogP contribution in [0.25, 0.3) is 0 Å². The first-order valence-corrected chi connectivity index (χ1v) is 4.23. The fourth-order valence-corrected chi connectivity index (χ4v) is 1.57. The first-order valence-electron chi connectivity index (χ1n) is 4.23. The summed E-state index contributed by atoms with van der Waals surface area (Å²) in [4.78, 5) is 6.30. The Morgan fingerprint density at radius 1 is 1.58 bits per heavy atom. The minimum absolute atomic E-state index is 0.643. The molecule has 0 atom stereocenters. The molecule has 64 valence electrons. The van der Waals surface area contributed by atoms with Crippen molar-refractivity contribution in [3.05, 3.63) is 18.3 Å². The third kappa shape index (κ3) is 1.11. The van der Waals surface area contributed by atoms with Crippen LogP contribution in [-0.4, -0.2) is 18.1 Å². The van der Waals surface area contributed by atoms with Crippen LogP contribution < -0.4 is 10.6 Å². The summed E-state index contributed by atoms with van der Waals surface area (Å²) in [6.07, 6.45) is 1.72. The quantitative estimate of drug-likeness (QED) is 0.674. The summed E-state index contributed by atoms with van der Waals surface area (Å²) < 4.78 is 0. The van der Waals surface area contributed by atoms with E-state index in [0.29, 0.717) is 5.82 Å². The van der Waals surface area contributed by atoms with Crippen LogP contribution in [0.2, 0.25) is 0 Å². The van der Waals surface area contributed by atoms with Crippen LogP contribution >= 0.6 is 0 Å². The minimum atomic E-state index is 0.643. The number of nitrogens with two attached hydrogens (primary N) is 1. The summed E-state index contributed by atoms with van der Waals surface area (Å²) in [6.45, 7) is 4.45. The lowest BCUT2D eigenvalue weighted by molar-refractivity contribution is 0.447. The Balaban J connectivity index is 2.18. The molecule has 0 radical (unpaired) electrons. The predicted octanol–water partition coefficient (Wildman–Crippen LogP) is 1.12. The van der Waals surface area contributed by atoms with E-state index in [9.17, 15) is 0 Å². The number of aromatic nitrogens is 1. The predicted molar refractivity (Wildman–Crippen MR) is 50.0 cm³/mol. The largest absolute Gasteiger partial charge is 0.382 e. The van der Waals surface area contributed by atoms with Crippen molar-refractivity contribution >= 4 is 11.5 Å². The number of pyridine rings is 1. The first-order chi connectivity index (χ1) is 5.77. The van der Waals surface area contributed by atoms with Crippen LogP contribution in [0, 0.1) is 5.92 Å². The minimum Gasteiger partial charge on any atom is -0.382 e. The van der Waals surface area contributed by atoms with E-state index in [1.54, 1.807) is 6.20 Å². The molecule has 2 rings (SSSR count). The van der Waals surface area contributed by atoms with E-state index in [2.05, 4.69) is 16.8 Å². The molecule has 1 aromatic heterocycles. The van der Waals surface area contributed by atoms with E-state index < -0.39 is 0 Å². The maximum atomic E-state index is 5.72. The molecular formula is C9H13N3. The Hall–Kier alpha value is -1.25. The van der Waals surface area contributed by atoms with E-state index in [-0.39, 0.29) is 0 Å². The Morgan fingerprint density at radius 2 is 2.33 bits per heavy atom. The number of hydrogen-bond donors (Lipinski definition) is 1. The molecule has 12 heavy (non-hydrogen) atoms. The van der Waals surface area contributed by atoms with Gasteiger partial charge in [-0.25, -0.2) is 4.98 Å². The van der Waals surface area contributed by atoms with Crippen LogP contribution in [0.1, 0.15) is 6.92 Å². The molecule has 1 fully saturated rings. The van der Waals surface area contributed by atoms with Crippen LogP contribution in [0.5, 0.6) is 0 Å². The van der Waals surface area contributed by atoms with Crippen molar-refractivity contribution in [2.24, 2.45) is 5.92 Å². The van der Waals surface area contributed by atoms with Gasteiger partial charge in [-0.05, 0) is 18.1 Å². The molecule has 1 saturated heterocycles. The Labute approximate surface area is 72.2 Å². The lowest BCUT2D eigenvalue weighted by atomic mass is 10.0. The van der Waals surface area contributed by atoms with Gasteiger partial charge in [-0.1, -0.05) is 6.92 Å². The summed E-state index contributed by atoms with van der Waals surface area (Å²) in [5, 5.41) is 0. The first kappa shape index (κ1) is 7.40. The van der Waals surface area contributed by atoms with E-state index >= 15 is 0 Å². The molecule has 3 nitrogen and oxygen atoms in total. The Bertz CT molecular complexity index is 279. The van der Waals surface area contributed by atoms with Gasteiger partial charge in [0.25, 0.3) is 0 Å². The van der Waals surface area contributed by atoms with Crippen molar-refractivity contribution in [1.29, 1.82) is 0 Å². The van der Waals surface area contributed by atoms with Crippen LogP contribution in [0.4, 0.5) is 11.5 Å². The SMILES string of the molecule is CC1CN(c2cccnc2N)C1. The van der Waals surface area contributed by atoms with Gasteiger partial charge in [-0.2, -0.15) is 0 Å². The van der Waals surface area contributed by atoms with Crippen LogP contribution in [0.15, 0.2) is 18.3 Å². The van der Waals surface area contributed by atoms with Crippen molar-refractivity contribution in [1.82, 2.24) is 4.98 Å². The van der Waals surface area contributed by atoms with Gasteiger partial charge in [-0.3, -0.25) is 0 Å². The van der Waals surface area contributed by atoms with Gasteiger partial charge in [0.1, 0.15) is 5.82 Å². The van der Waals surface area contributed by atoms with Crippen molar-refractivity contribution in [3.63, 3.8) is 0 Å². The highest BCUT2D eigenvalue weighted by atomic mass is 15.2. The second-order valence-corrected chi connectivity index (χ2v) is 3.42. The molecule has 0 saturated carbocycles. The van der Waals surface area contributed by atoms with Gasteiger partial charge in [0.15, 0.2) is 0 Å². The second kappa shape index (κ2) is 2.66. The fraction of sp³-hybridized carbons (Fsp3) is 0.444. The zero-order valence-electron chi connectivity index (χ0n) is 7.20. The number of anilines is 2. The molecule has 2 N–H and O–H groups in total. The highest BCUT2D eigenvalue weighted by molar-refractivity contribution is 5.64. The lowest BCUT2D eigenvalue weighted by Gasteiger charge is -2.39. The van der Waals surface area contributed by atoms with E-state index in [1.165, 1.54) is 0 Å². The van der Waals surface area contributed by atoms with E-state index in [0.717, 1.165) is 24.7 Å². The fourth-order valence-electron chi connectivity index (χ4n) is 1.57. The summed E-state index contributed by atoms with van der Waals surface area (Å²) in [5.41, 5.74) is 6.80. The summed E-state index contributed by atoms with van der Waals surface area (Å²) in [6, 6.07) is 3.95. The zero-order chi connectivity index (χ0) is 8.55. The van der Waals surface area contributed by atoms with Gasteiger partial charge in [0.05, 0.1) is 5.69 Å². The Morgan fingerprint density at radius 3 is 2.92 bits per heavy atom. The summed E-state index contributed by atoms with van der Waals surface area (Å²) in [5.74, 6) is 1.44. The maximum absolute atomic E-state index is 5.72. The number of nitrogen functional groups attached to an aromatic ring is 1. The molecule has 0 bridgehead atoms. The molecule has 0 amide bonds. The second-order valence-electron chi connectivity index (χ2n) is 3.42. The molecule has 0 unspecified atom stereocenters. The van der Waals surface area contributed by atoms with Crippen molar-refractivity contribution < 1.29 is 0 Å². The highest BCUT2D eigenvalue weighted by Crippen LogP contribution is 2.27. The zero-order valence-corrected chi connectivity index (χ0v) is 7.20. The standard InChI is InChI=1S/C9H13N3/c1-7-5-12(6-7)8-3-2-4-11-9(8)10/h2-4,7H,5-6H2,1H3,(H2,10,11). The summed E-state index contributed by atoms with van der Waals surface area (Å²) >= 11 is 0. The van der Waals surface area contributed by atoms with Crippen molar-refractivity contribution in [2.75, 3.05) is 23.7 Å². The normalized spacial score (nSPS) is 17.6. The number of rotatable bonds is 1. The third-order valence-corrected chi connectivity index (χ3v) is 2.22. The molecule has 3 heteroatoms. The molecule has 1 aromatic rings. The molecular weight excluding hydrogens is 150 g/mol. The summed E-state index contributed by atoms with van der Waals surface area (Å²) in [7, 11) is 0. The number of hydrogen-bond acceptors (Lipinski definition) is 3. The third-order valence-electron chi connectivity index (χ3n) is 2.22. The highest BCUT2D eigenvalue weighted by Gasteiger charge is 2.23. The van der Waals surface area contributed by atoms with Gasteiger partial charge in [-0.15, -0.1) is 0 Å². The van der Waals surface area contributed by atoms with Crippen LogP contribution in [0.3, 0.4) is 0 Å².